The Bertz CT molecular complexity index is 497. The van der Waals surface area contributed by atoms with Gasteiger partial charge in [0.2, 0.25) is 0 Å². The quantitative estimate of drug-likeness (QED) is 0.833. The van der Waals surface area contributed by atoms with Crippen LogP contribution in [0.1, 0.15) is 0 Å². The van der Waals surface area contributed by atoms with Crippen molar-refractivity contribution >= 4 is 5.69 Å². The van der Waals surface area contributed by atoms with Crippen molar-refractivity contribution in [1.82, 2.24) is 9.78 Å². The molecule has 90 valence electrons. The van der Waals surface area contributed by atoms with Crippen molar-refractivity contribution in [3.8, 4) is 0 Å². The molecule has 0 saturated carbocycles. The Labute approximate surface area is 95.9 Å². The number of aromatic nitrogens is 2. The van der Waals surface area contributed by atoms with E-state index in [0.29, 0.717) is 19.2 Å². The Morgan fingerprint density at radius 3 is 2.59 bits per heavy atom. The molecule has 1 aromatic carbocycles. The van der Waals surface area contributed by atoms with Crippen molar-refractivity contribution in [1.29, 1.82) is 0 Å². The van der Waals surface area contributed by atoms with Crippen LogP contribution in [0.3, 0.4) is 0 Å². The summed E-state index contributed by atoms with van der Waals surface area (Å²) in [5.41, 5.74) is -0.0592. The first-order valence-corrected chi connectivity index (χ1v) is 5.02. The second kappa shape index (κ2) is 4.90. The van der Waals surface area contributed by atoms with Gasteiger partial charge < -0.3 is 5.32 Å². The summed E-state index contributed by atoms with van der Waals surface area (Å²) in [5, 5.41) is 6.63. The van der Waals surface area contributed by atoms with Crippen molar-refractivity contribution < 1.29 is 13.2 Å². The maximum atomic E-state index is 13.2. The predicted molar refractivity (Wildman–Crippen MR) is 57.0 cm³/mol. The van der Waals surface area contributed by atoms with Gasteiger partial charge in [0.1, 0.15) is 5.82 Å². The molecule has 0 amide bonds. The number of rotatable bonds is 4. The smallest absolute Gasteiger partial charge is 0.161 e. The minimum Gasteiger partial charge on any atom is -0.381 e. The molecule has 0 unspecified atom stereocenters. The topological polar surface area (TPSA) is 29.9 Å². The van der Waals surface area contributed by atoms with Crippen LogP contribution in [0.15, 0.2) is 30.6 Å². The molecule has 0 radical (unpaired) electrons. The van der Waals surface area contributed by atoms with E-state index in [-0.39, 0.29) is 5.69 Å². The predicted octanol–water partition coefficient (Wildman–Crippen LogP) is 2.41. The van der Waals surface area contributed by atoms with Gasteiger partial charge in [-0.1, -0.05) is 0 Å². The summed E-state index contributed by atoms with van der Waals surface area (Å²) in [6.45, 7) is 0.870. The van der Waals surface area contributed by atoms with E-state index in [9.17, 15) is 13.2 Å². The lowest BCUT2D eigenvalue weighted by atomic mass is 10.3. The van der Waals surface area contributed by atoms with Crippen molar-refractivity contribution in [3.63, 3.8) is 0 Å². The van der Waals surface area contributed by atoms with E-state index in [0.717, 1.165) is 6.07 Å². The third kappa shape index (κ3) is 2.77. The lowest BCUT2D eigenvalue weighted by Crippen LogP contribution is -2.12. The van der Waals surface area contributed by atoms with Crippen molar-refractivity contribution in [2.45, 2.75) is 6.54 Å². The first-order valence-electron chi connectivity index (χ1n) is 5.02. The fourth-order valence-electron chi connectivity index (χ4n) is 1.40. The highest BCUT2D eigenvalue weighted by Crippen LogP contribution is 2.17. The highest BCUT2D eigenvalue weighted by Gasteiger charge is 2.08. The van der Waals surface area contributed by atoms with E-state index in [1.54, 1.807) is 23.1 Å². The fraction of sp³-hybridized carbons (Fsp3) is 0.182. The van der Waals surface area contributed by atoms with Crippen LogP contribution in [0.4, 0.5) is 18.9 Å². The summed E-state index contributed by atoms with van der Waals surface area (Å²) >= 11 is 0. The average molecular weight is 241 g/mol. The van der Waals surface area contributed by atoms with E-state index in [1.807, 2.05) is 0 Å². The molecule has 0 aliphatic heterocycles. The van der Waals surface area contributed by atoms with Crippen LogP contribution < -0.4 is 5.32 Å². The van der Waals surface area contributed by atoms with E-state index >= 15 is 0 Å². The highest BCUT2D eigenvalue weighted by atomic mass is 19.2. The zero-order valence-corrected chi connectivity index (χ0v) is 8.83. The van der Waals surface area contributed by atoms with Gasteiger partial charge in [-0.15, -0.1) is 0 Å². The third-order valence-electron chi connectivity index (χ3n) is 2.23. The van der Waals surface area contributed by atoms with Crippen LogP contribution >= 0.6 is 0 Å². The van der Waals surface area contributed by atoms with Crippen molar-refractivity contribution in [2.75, 3.05) is 11.9 Å². The van der Waals surface area contributed by atoms with E-state index in [4.69, 9.17) is 0 Å². The molecule has 1 heterocycles. The maximum absolute atomic E-state index is 13.2. The Hall–Kier alpha value is -1.98. The lowest BCUT2D eigenvalue weighted by molar-refractivity contribution is 0.495. The molecule has 0 atom stereocenters. The minimum absolute atomic E-state index is 0.0592. The average Bonchev–Trinajstić information content (AvgIpc) is 2.78. The fourth-order valence-corrected chi connectivity index (χ4v) is 1.40. The molecule has 0 aliphatic rings. The maximum Gasteiger partial charge on any atom is 0.161 e. The van der Waals surface area contributed by atoms with Gasteiger partial charge in [0.05, 0.1) is 12.2 Å². The molecule has 2 rings (SSSR count). The van der Waals surface area contributed by atoms with Crippen molar-refractivity contribution in [2.24, 2.45) is 0 Å². The molecule has 6 heteroatoms. The second-order valence-electron chi connectivity index (χ2n) is 3.44. The molecule has 3 nitrogen and oxygen atoms in total. The van der Waals surface area contributed by atoms with Gasteiger partial charge in [0.15, 0.2) is 11.6 Å². The summed E-state index contributed by atoms with van der Waals surface area (Å²) in [5.74, 6) is -3.09. The van der Waals surface area contributed by atoms with Gasteiger partial charge in [-0.2, -0.15) is 5.10 Å². The summed E-state index contributed by atoms with van der Waals surface area (Å²) < 4.78 is 40.4. The van der Waals surface area contributed by atoms with Gasteiger partial charge in [-0.3, -0.25) is 4.68 Å². The molecule has 0 aliphatic carbocycles. The zero-order chi connectivity index (χ0) is 12.3. The van der Waals surface area contributed by atoms with Gasteiger partial charge >= 0.3 is 0 Å². The molecule has 1 aromatic heterocycles. The van der Waals surface area contributed by atoms with E-state index in [2.05, 4.69) is 10.4 Å². The Morgan fingerprint density at radius 2 is 1.88 bits per heavy atom. The number of anilines is 1. The Kier molecular flexibility index (Phi) is 3.32. The summed E-state index contributed by atoms with van der Waals surface area (Å²) in [4.78, 5) is 0. The standard InChI is InChI=1S/C11H10F3N3/c12-8-6-10(14)11(7-9(8)13)15-3-5-17-4-1-2-16-17/h1-2,4,6-7,15H,3,5H2. The third-order valence-corrected chi connectivity index (χ3v) is 2.23. The molecule has 1 N–H and O–H groups in total. The monoisotopic (exact) mass is 241 g/mol. The Morgan fingerprint density at radius 1 is 1.12 bits per heavy atom. The van der Waals surface area contributed by atoms with Gasteiger partial charge in [0.25, 0.3) is 0 Å². The molecule has 0 saturated heterocycles. The second-order valence-corrected chi connectivity index (χ2v) is 3.44. The van der Waals surface area contributed by atoms with E-state index < -0.39 is 17.5 Å². The molecular weight excluding hydrogens is 231 g/mol. The van der Waals surface area contributed by atoms with Crippen LogP contribution in [-0.4, -0.2) is 16.3 Å². The summed E-state index contributed by atoms with van der Waals surface area (Å²) in [6, 6.07) is 3.08. The van der Waals surface area contributed by atoms with Crippen LogP contribution in [0, 0.1) is 17.5 Å². The number of nitrogens with one attached hydrogen (secondary N) is 1. The largest absolute Gasteiger partial charge is 0.381 e. The molecular formula is C11H10F3N3. The SMILES string of the molecule is Fc1cc(F)c(NCCn2cccn2)cc1F. The van der Waals surface area contributed by atoms with Gasteiger partial charge in [0, 0.05) is 31.1 Å². The number of nitrogens with zero attached hydrogens (tertiary/aromatic N) is 2. The lowest BCUT2D eigenvalue weighted by Gasteiger charge is -2.08. The van der Waals surface area contributed by atoms with E-state index in [1.165, 1.54) is 0 Å². The van der Waals surface area contributed by atoms with Gasteiger partial charge in [-0.25, -0.2) is 13.2 Å². The van der Waals surface area contributed by atoms with Crippen molar-refractivity contribution in [3.05, 3.63) is 48.0 Å². The zero-order valence-electron chi connectivity index (χ0n) is 8.83. The molecule has 17 heavy (non-hydrogen) atoms. The summed E-state index contributed by atoms with van der Waals surface area (Å²) in [6.07, 6.45) is 3.38. The molecule has 2 aromatic rings. The van der Waals surface area contributed by atoms with Crippen LogP contribution in [-0.2, 0) is 6.54 Å². The number of hydrogen-bond acceptors (Lipinski definition) is 2. The minimum atomic E-state index is -1.19. The number of hydrogen-bond donors (Lipinski definition) is 1. The number of halogens is 3. The normalized spacial score (nSPS) is 10.5. The first-order chi connectivity index (χ1) is 8.16. The number of benzene rings is 1. The van der Waals surface area contributed by atoms with Crippen LogP contribution in [0.2, 0.25) is 0 Å². The first kappa shape index (κ1) is 11.5. The molecule has 0 bridgehead atoms. The highest BCUT2D eigenvalue weighted by molar-refractivity contribution is 5.45. The van der Waals surface area contributed by atoms with Crippen LogP contribution in [0.5, 0.6) is 0 Å². The van der Waals surface area contributed by atoms with Gasteiger partial charge in [-0.05, 0) is 6.07 Å². The van der Waals surface area contributed by atoms with Crippen LogP contribution in [0.25, 0.3) is 0 Å². The molecule has 0 spiro atoms. The molecule has 0 fully saturated rings. The summed E-state index contributed by atoms with van der Waals surface area (Å²) in [7, 11) is 0. The Balaban J connectivity index is 1.97.